The summed E-state index contributed by atoms with van der Waals surface area (Å²) in [5, 5.41) is 0. The number of likely N-dealkylation sites (tertiary alicyclic amines) is 1. The second-order valence-corrected chi connectivity index (χ2v) is 11.7. The van der Waals surface area contributed by atoms with Crippen LogP contribution in [0.3, 0.4) is 0 Å². The Labute approximate surface area is 174 Å². The van der Waals surface area contributed by atoms with E-state index in [1.165, 1.54) is 4.31 Å². The highest BCUT2D eigenvalue weighted by atomic mass is 32.2. The Hall–Kier alpha value is -1.55. The number of hydrogen-bond acceptors (Lipinski definition) is 6. The molecular weight excluding hydrogens is 398 g/mol. The van der Waals surface area contributed by atoms with E-state index in [1.807, 2.05) is 32.4 Å². The average molecular weight is 434 g/mol. The zero-order valence-corrected chi connectivity index (χ0v) is 19.4. The van der Waals surface area contributed by atoms with Crippen molar-refractivity contribution in [2.45, 2.75) is 85.0 Å². The molecule has 2 aliphatic rings. The third-order valence-corrected chi connectivity index (χ3v) is 6.34. The number of hydrogen-bond donors (Lipinski definition) is 1. The Balaban J connectivity index is 1.92. The van der Waals surface area contributed by atoms with Gasteiger partial charge in [0.1, 0.15) is 11.2 Å². The predicted octanol–water partition coefficient (Wildman–Crippen LogP) is 2.87. The van der Waals surface area contributed by atoms with Crippen LogP contribution in [0.15, 0.2) is 0 Å². The summed E-state index contributed by atoms with van der Waals surface area (Å²) < 4.78 is 39.3. The Morgan fingerprint density at radius 1 is 1.07 bits per heavy atom. The lowest BCUT2D eigenvalue weighted by molar-refractivity contribution is -0.0951. The molecule has 1 spiro atoms. The molecule has 2 rings (SSSR count). The molecule has 2 amide bonds. The summed E-state index contributed by atoms with van der Waals surface area (Å²) in [6, 6.07) is -0.198. The molecule has 2 fully saturated rings. The van der Waals surface area contributed by atoms with Crippen LogP contribution >= 0.6 is 0 Å². The second kappa shape index (κ2) is 7.94. The van der Waals surface area contributed by atoms with Crippen LogP contribution in [0, 0.1) is 5.41 Å². The highest BCUT2D eigenvalue weighted by Crippen LogP contribution is 2.51. The van der Waals surface area contributed by atoms with E-state index in [0.29, 0.717) is 38.9 Å². The zero-order valence-electron chi connectivity index (χ0n) is 18.6. The summed E-state index contributed by atoms with van der Waals surface area (Å²) in [7, 11) is -4.00. The van der Waals surface area contributed by atoms with Gasteiger partial charge in [0.2, 0.25) is 0 Å². The van der Waals surface area contributed by atoms with Gasteiger partial charge in [-0.25, -0.2) is 14.3 Å². The van der Waals surface area contributed by atoms with Gasteiger partial charge in [-0.15, -0.1) is 0 Å². The molecule has 1 aliphatic carbocycles. The van der Waals surface area contributed by atoms with Crippen LogP contribution in [0.4, 0.5) is 9.59 Å². The molecule has 0 aromatic carbocycles. The highest BCUT2D eigenvalue weighted by Gasteiger charge is 2.57. The first-order valence-corrected chi connectivity index (χ1v) is 11.5. The smallest absolute Gasteiger partial charge is 0.422 e. The molecular formula is C19H35N3O6S. The van der Waals surface area contributed by atoms with Gasteiger partial charge in [0, 0.05) is 31.1 Å². The lowest BCUT2D eigenvalue weighted by Gasteiger charge is -2.60. The van der Waals surface area contributed by atoms with Gasteiger partial charge in [0.05, 0.1) is 0 Å². The van der Waals surface area contributed by atoms with Crippen molar-refractivity contribution in [2.75, 3.05) is 19.6 Å². The first-order chi connectivity index (χ1) is 13.1. The number of carbonyl (C=O) groups excluding carboxylic acids is 2. The van der Waals surface area contributed by atoms with E-state index in [4.69, 9.17) is 9.47 Å². The van der Waals surface area contributed by atoms with Crippen molar-refractivity contribution in [3.8, 4) is 0 Å². The molecule has 0 bridgehead atoms. The van der Waals surface area contributed by atoms with E-state index in [9.17, 15) is 18.0 Å². The summed E-state index contributed by atoms with van der Waals surface area (Å²) in [5.74, 6) is 0. The zero-order chi connectivity index (χ0) is 22.3. The van der Waals surface area contributed by atoms with Crippen LogP contribution in [0.5, 0.6) is 0 Å². The maximum Gasteiger partial charge on any atom is 0.422 e. The summed E-state index contributed by atoms with van der Waals surface area (Å²) in [6.45, 7) is 13.8. The second-order valence-electron chi connectivity index (χ2n) is 10.1. The lowest BCUT2D eigenvalue weighted by Crippen LogP contribution is -2.69. The fourth-order valence-electron chi connectivity index (χ4n) is 3.80. The molecule has 1 aliphatic heterocycles. The van der Waals surface area contributed by atoms with Crippen LogP contribution in [-0.2, 0) is 19.7 Å². The maximum atomic E-state index is 12.7. The SMILES string of the molecule is CCCN(C1CC2(C1)CN(C(=O)OC(C)(C)C)C2)S(=O)(=O)NC(=O)OC(C)(C)C. The van der Waals surface area contributed by atoms with Crippen LogP contribution in [-0.4, -0.2) is 66.7 Å². The third-order valence-electron chi connectivity index (χ3n) is 4.81. The minimum atomic E-state index is -4.00. The third kappa shape index (κ3) is 6.21. The van der Waals surface area contributed by atoms with E-state index >= 15 is 0 Å². The fraction of sp³-hybridized carbons (Fsp3) is 0.895. The van der Waals surface area contributed by atoms with Gasteiger partial charge in [-0.2, -0.15) is 12.7 Å². The summed E-state index contributed by atoms with van der Waals surface area (Å²) in [4.78, 5) is 25.7. The number of amides is 2. The quantitative estimate of drug-likeness (QED) is 0.715. The lowest BCUT2D eigenvalue weighted by atomic mass is 9.60. The summed E-state index contributed by atoms with van der Waals surface area (Å²) in [5.41, 5.74) is -1.39. The fourth-order valence-corrected chi connectivity index (χ4v) is 5.14. The predicted molar refractivity (Wildman–Crippen MR) is 109 cm³/mol. The van der Waals surface area contributed by atoms with Gasteiger partial charge in [0.25, 0.3) is 0 Å². The van der Waals surface area contributed by atoms with Crippen molar-refractivity contribution in [3.05, 3.63) is 0 Å². The average Bonchev–Trinajstić information content (AvgIpc) is 2.37. The molecule has 9 nitrogen and oxygen atoms in total. The van der Waals surface area contributed by atoms with E-state index in [2.05, 4.69) is 0 Å². The number of ether oxygens (including phenoxy) is 2. The standard InChI is InChI=1S/C19H35N3O6S/c1-8-9-22(29(25,26)20-15(23)27-17(2,3)4)14-10-19(11-14)12-21(13-19)16(24)28-18(5,6)7/h14H,8-13H2,1-7H3,(H,20,23). The minimum absolute atomic E-state index is 0.0605. The van der Waals surface area contributed by atoms with E-state index in [-0.39, 0.29) is 17.6 Å². The van der Waals surface area contributed by atoms with E-state index in [1.54, 1.807) is 25.7 Å². The molecule has 0 atom stereocenters. The van der Waals surface area contributed by atoms with Crippen molar-refractivity contribution in [1.29, 1.82) is 0 Å². The Morgan fingerprint density at radius 2 is 1.59 bits per heavy atom. The van der Waals surface area contributed by atoms with Crippen LogP contribution in [0.25, 0.3) is 0 Å². The van der Waals surface area contributed by atoms with Gasteiger partial charge in [-0.1, -0.05) is 6.92 Å². The largest absolute Gasteiger partial charge is 0.444 e. The molecule has 0 radical (unpaired) electrons. The summed E-state index contributed by atoms with van der Waals surface area (Å²) in [6.07, 6.45) is 0.620. The van der Waals surface area contributed by atoms with Gasteiger partial charge < -0.3 is 14.4 Å². The van der Waals surface area contributed by atoms with Crippen molar-refractivity contribution in [3.63, 3.8) is 0 Å². The molecule has 29 heavy (non-hydrogen) atoms. The van der Waals surface area contributed by atoms with Gasteiger partial charge >= 0.3 is 22.4 Å². The highest BCUT2D eigenvalue weighted by molar-refractivity contribution is 7.87. The number of nitrogens with one attached hydrogen (secondary N) is 1. The first kappa shape index (κ1) is 23.7. The van der Waals surface area contributed by atoms with Crippen LogP contribution < -0.4 is 4.72 Å². The molecule has 1 saturated heterocycles. The molecule has 168 valence electrons. The Kier molecular flexibility index (Phi) is 6.50. The minimum Gasteiger partial charge on any atom is -0.444 e. The molecule has 0 unspecified atom stereocenters. The Bertz CT molecular complexity index is 724. The van der Waals surface area contributed by atoms with E-state index < -0.39 is 27.5 Å². The van der Waals surface area contributed by atoms with Crippen LogP contribution in [0.1, 0.15) is 67.7 Å². The monoisotopic (exact) mass is 433 g/mol. The van der Waals surface area contributed by atoms with E-state index in [0.717, 1.165) is 0 Å². The summed E-state index contributed by atoms with van der Waals surface area (Å²) >= 11 is 0. The van der Waals surface area contributed by atoms with Crippen molar-refractivity contribution in [1.82, 2.24) is 13.9 Å². The van der Waals surface area contributed by atoms with Crippen molar-refractivity contribution < 1.29 is 27.5 Å². The molecule has 1 N–H and O–H groups in total. The van der Waals surface area contributed by atoms with Crippen LogP contribution in [0.2, 0.25) is 0 Å². The maximum absolute atomic E-state index is 12.7. The van der Waals surface area contributed by atoms with Gasteiger partial charge in [0.15, 0.2) is 0 Å². The normalized spacial score (nSPS) is 19.5. The molecule has 1 heterocycles. The molecule has 1 saturated carbocycles. The number of carbonyl (C=O) groups is 2. The molecule has 10 heteroatoms. The Morgan fingerprint density at radius 3 is 2.03 bits per heavy atom. The van der Waals surface area contributed by atoms with Gasteiger partial charge in [-0.3, -0.25) is 0 Å². The van der Waals surface area contributed by atoms with Crippen molar-refractivity contribution in [2.24, 2.45) is 5.41 Å². The first-order valence-electron chi connectivity index (χ1n) is 10.1. The van der Waals surface area contributed by atoms with Crippen molar-refractivity contribution >= 4 is 22.4 Å². The molecule has 0 aromatic heterocycles. The molecule has 0 aromatic rings. The number of rotatable bonds is 5. The number of nitrogens with zero attached hydrogens (tertiary/aromatic N) is 2. The van der Waals surface area contributed by atoms with Gasteiger partial charge in [-0.05, 0) is 60.8 Å². The topological polar surface area (TPSA) is 105 Å².